The summed E-state index contributed by atoms with van der Waals surface area (Å²) in [6.07, 6.45) is 1.54. The van der Waals surface area contributed by atoms with E-state index in [1.165, 1.54) is 30.7 Å². The fourth-order valence-electron chi connectivity index (χ4n) is 2.12. The average Bonchev–Trinajstić information content (AvgIpc) is 3.10. The highest BCUT2D eigenvalue weighted by atomic mass is 35.5. The third-order valence-electron chi connectivity index (χ3n) is 3.31. The number of carbonyl (C=O) groups excluding carboxylic acids is 1. The van der Waals surface area contributed by atoms with Gasteiger partial charge < -0.3 is 5.32 Å². The number of benzene rings is 1. The molecule has 3 rings (SSSR count). The fraction of sp³-hybridized carbons (Fsp3) is 0.0625. The van der Waals surface area contributed by atoms with Gasteiger partial charge in [-0.25, -0.2) is 9.97 Å². The summed E-state index contributed by atoms with van der Waals surface area (Å²) in [5, 5.41) is 1.99. The lowest BCUT2D eigenvalue weighted by Gasteiger charge is -2.12. The summed E-state index contributed by atoms with van der Waals surface area (Å²) in [5.41, 5.74) is -0.786. The molecule has 128 valence electrons. The first-order valence-corrected chi connectivity index (χ1v) is 7.35. The SMILES string of the molecule is O=C(Nc1ccc(Cl)c(C(F)(F)F)c1)c1ccnc(-n2ccnc2)c1. The molecule has 3 aromatic rings. The van der Waals surface area contributed by atoms with Crippen LogP contribution in [-0.4, -0.2) is 20.4 Å². The normalized spacial score (nSPS) is 11.4. The summed E-state index contributed by atoms with van der Waals surface area (Å²) >= 11 is 5.56. The number of nitrogens with zero attached hydrogens (tertiary/aromatic N) is 3. The van der Waals surface area contributed by atoms with E-state index in [9.17, 15) is 18.0 Å². The van der Waals surface area contributed by atoms with Crippen LogP contribution in [-0.2, 0) is 6.18 Å². The number of anilines is 1. The third kappa shape index (κ3) is 3.80. The van der Waals surface area contributed by atoms with Gasteiger partial charge >= 0.3 is 6.18 Å². The molecule has 5 nitrogen and oxygen atoms in total. The number of halogens is 4. The van der Waals surface area contributed by atoms with Gasteiger partial charge in [0.2, 0.25) is 0 Å². The summed E-state index contributed by atoms with van der Waals surface area (Å²) in [5.74, 6) is -0.114. The second-order valence-electron chi connectivity index (χ2n) is 5.02. The highest BCUT2D eigenvalue weighted by Gasteiger charge is 2.33. The van der Waals surface area contributed by atoms with E-state index in [1.807, 2.05) is 0 Å². The number of carbonyl (C=O) groups is 1. The molecular weight excluding hydrogens is 357 g/mol. The van der Waals surface area contributed by atoms with Gasteiger partial charge in [-0.1, -0.05) is 11.6 Å². The number of hydrogen-bond donors (Lipinski definition) is 1. The maximum Gasteiger partial charge on any atom is 0.417 e. The van der Waals surface area contributed by atoms with Crippen LogP contribution in [0.1, 0.15) is 15.9 Å². The van der Waals surface area contributed by atoms with Crippen LogP contribution in [0.2, 0.25) is 5.02 Å². The molecule has 0 aliphatic carbocycles. The molecule has 0 saturated heterocycles. The Morgan fingerprint density at radius 1 is 1.16 bits per heavy atom. The Kier molecular flexibility index (Phi) is 4.45. The quantitative estimate of drug-likeness (QED) is 0.756. The number of aromatic nitrogens is 3. The molecule has 9 heteroatoms. The van der Waals surface area contributed by atoms with E-state index < -0.39 is 22.7 Å². The number of rotatable bonds is 3. The molecule has 0 aliphatic heterocycles. The summed E-state index contributed by atoms with van der Waals surface area (Å²) in [4.78, 5) is 20.3. The van der Waals surface area contributed by atoms with Gasteiger partial charge in [0.05, 0.1) is 10.6 Å². The summed E-state index contributed by atoms with van der Waals surface area (Å²) in [7, 11) is 0. The van der Waals surface area contributed by atoms with E-state index in [0.717, 1.165) is 12.1 Å². The Bertz CT molecular complexity index is 910. The molecule has 2 heterocycles. The number of pyridine rings is 1. The molecule has 1 amide bonds. The van der Waals surface area contributed by atoms with Crippen molar-refractivity contribution in [2.24, 2.45) is 0 Å². The van der Waals surface area contributed by atoms with Crippen LogP contribution in [0.3, 0.4) is 0 Å². The first-order chi connectivity index (χ1) is 11.8. The molecule has 0 unspecified atom stereocenters. The molecule has 0 fully saturated rings. The number of alkyl halides is 3. The largest absolute Gasteiger partial charge is 0.417 e. The molecule has 0 spiro atoms. The highest BCUT2D eigenvalue weighted by Crippen LogP contribution is 2.36. The van der Waals surface area contributed by atoms with Gasteiger partial charge in [-0.15, -0.1) is 0 Å². The van der Waals surface area contributed by atoms with E-state index in [-0.39, 0.29) is 11.3 Å². The Hall–Kier alpha value is -2.87. The second kappa shape index (κ2) is 6.56. The van der Waals surface area contributed by atoms with E-state index in [1.54, 1.807) is 17.0 Å². The second-order valence-corrected chi connectivity index (χ2v) is 5.43. The van der Waals surface area contributed by atoms with E-state index in [0.29, 0.717) is 5.82 Å². The number of imidazole rings is 1. The van der Waals surface area contributed by atoms with Crippen molar-refractivity contribution in [2.75, 3.05) is 5.32 Å². The van der Waals surface area contributed by atoms with Gasteiger partial charge in [-0.05, 0) is 30.3 Å². The molecule has 0 bridgehead atoms. The molecule has 0 saturated carbocycles. The van der Waals surface area contributed by atoms with Crippen LogP contribution in [0.15, 0.2) is 55.2 Å². The van der Waals surface area contributed by atoms with Gasteiger partial charge in [0, 0.05) is 29.8 Å². The smallest absolute Gasteiger partial charge is 0.322 e. The number of nitrogens with one attached hydrogen (secondary N) is 1. The zero-order chi connectivity index (χ0) is 18.0. The van der Waals surface area contributed by atoms with Crippen LogP contribution in [0.5, 0.6) is 0 Å². The zero-order valence-electron chi connectivity index (χ0n) is 12.5. The minimum absolute atomic E-state index is 0.0114. The van der Waals surface area contributed by atoms with E-state index >= 15 is 0 Å². The van der Waals surface area contributed by atoms with Crippen LogP contribution in [0, 0.1) is 0 Å². The molecule has 1 N–H and O–H groups in total. The van der Waals surface area contributed by atoms with Crippen LogP contribution < -0.4 is 5.32 Å². The highest BCUT2D eigenvalue weighted by molar-refractivity contribution is 6.31. The molecule has 0 aliphatic rings. The van der Waals surface area contributed by atoms with Gasteiger partial charge in [-0.2, -0.15) is 13.2 Å². The first kappa shape index (κ1) is 17.0. The van der Waals surface area contributed by atoms with Gasteiger partial charge in [0.1, 0.15) is 12.1 Å². The van der Waals surface area contributed by atoms with Crippen LogP contribution in [0.25, 0.3) is 5.82 Å². The van der Waals surface area contributed by atoms with Gasteiger partial charge in [-0.3, -0.25) is 9.36 Å². The zero-order valence-corrected chi connectivity index (χ0v) is 13.2. The van der Waals surface area contributed by atoms with Crippen molar-refractivity contribution >= 4 is 23.2 Å². The lowest BCUT2D eigenvalue weighted by atomic mass is 10.1. The van der Waals surface area contributed by atoms with Crippen molar-refractivity contribution in [3.8, 4) is 5.82 Å². The summed E-state index contributed by atoms with van der Waals surface area (Å²) < 4.78 is 40.3. The Labute approximate surface area is 145 Å². The summed E-state index contributed by atoms with van der Waals surface area (Å²) in [6, 6.07) is 6.13. The van der Waals surface area contributed by atoms with Crippen LogP contribution in [0.4, 0.5) is 18.9 Å². The lowest BCUT2D eigenvalue weighted by Crippen LogP contribution is -2.14. The molecule has 25 heavy (non-hydrogen) atoms. The van der Waals surface area contributed by atoms with Crippen molar-refractivity contribution in [2.45, 2.75) is 6.18 Å². The van der Waals surface area contributed by atoms with Gasteiger partial charge in [0.15, 0.2) is 0 Å². The third-order valence-corrected chi connectivity index (χ3v) is 3.64. The monoisotopic (exact) mass is 366 g/mol. The molecule has 0 atom stereocenters. The lowest BCUT2D eigenvalue weighted by molar-refractivity contribution is -0.137. The number of amides is 1. The average molecular weight is 367 g/mol. The Morgan fingerprint density at radius 3 is 2.64 bits per heavy atom. The minimum atomic E-state index is -4.61. The van der Waals surface area contributed by atoms with E-state index in [4.69, 9.17) is 11.6 Å². The predicted octanol–water partition coefficient (Wildman–Crippen LogP) is 4.19. The van der Waals surface area contributed by atoms with Crippen molar-refractivity contribution in [1.82, 2.24) is 14.5 Å². The first-order valence-electron chi connectivity index (χ1n) is 6.97. The summed E-state index contributed by atoms with van der Waals surface area (Å²) in [6.45, 7) is 0. The Morgan fingerprint density at radius 2 is 1.96 bits per heavy atom. The minimum Gasteiger partial charge on any atom is -0.322 e. The molecular formula is C16H10ClF3N4O. The van der Waals surface area contributed by atoms with Crippen molar-refractivity contribution in [3.63, 3.8) is 0 Å². The maximum absolute atomic E-state index is 12.9. The number of hydrogen-bond acceptors (Lipinski definition) is 3. The molecule has 0 radical (unpaired) electrons. The van der Waals surface area contributed by atoms with Crippen molar-refractivity contribution in [3.05, 3.63) is 71.4 Å². The molecule has 1 aromatic carbocycles. The fourth-order valence-corrected chi connectivity index (χ4v) is 2.34. The van der Waals surface area contributed by atoms with Crippen molar-refractivity contribution < 1.29 is 18.0 Å². The van der Waals surface area contributed by atoms with Gasteiger partial charge in [0.25, 0.3) is 5.91 Å². The maximum atomic E-state index is 12.9. The Balaban J connectivity index is 1.85. The predicted molar refractivity (Wildman–Crippen MR) is 85.8 cm³/mol. The van der Waals surface area contributed by atoms with E-state index in [2.05, 4.69) is 15.3 Å². The topological polar surface area (TPSA) is 59.8 Å². The molecule has 2 aromatic heterocycles. The standard InChI is InChI=1S/C16H10ClF3N4O/c17-13-2-1-11(8-12(13)16(18,19)20)23-15(25)10-3-4-22-14(7-10)24-6-5-21-9-24/h1-9H,(H,23,25). The van der Waals surface area contributed by atoms with Crippen LogP contribution >= 0.6 is 11.6 Å². The van der Waals surface area contributed by atoms with Crippen molar-refractivity contribution in [1.29, 1.82) is 0 Å².